The fourth-order valence-electron chi connectivity index (χ4n) is 2.17. The van der Waals surface area contributed by atoms with E-state index in [4.69, 9.17) is 0 Å². The molecule has 1 aliphatic rings. The van der Waals surface area contributed by atoms with Gasteiger partial charge < -0.3 is 0 Å². The van der Waals surface area contributed by atoms with Gasteiger partial charge >= 0.3 is 0 Å². The lowest BCUT2D eigenvalue weighted by molar-refractivity contribution is 0.185. The van der Waals surface area contributed by atoms with E-state index >= 15 is 0 Å². The summed E-state index contributed by atoms with van der Waals surface area (Å²) in [6.07, 6.45) is 2.73. The third-order valence-electron chi connectivity index (χ3n) is 3.40. The molecule has 0 saturated carbocycles. The molecule has 0 bridgehead atoms. The SMILES string of the molecule is CC.Cc1ccc(CN2CCC(C)CC2)cc1. The number of aryl methyl sites for hydroxylation is 1. The number of nitrogens with zero attached hydrogens (tertiary/aromatic N) is 1. The van der Waals surface area contributed by atoms with Gasteiger partial charge in [0, 0.05) is 6.54 Å². The molecule has 1 aliphatic heterocycles. The van der Waals surface area contributed by atoms with Crippen LogP contribution >= 0.6 is 0 Å². The van der Waals surface area contributed by atoms with Crippen LogP contribution in [-0.2, 0) is 6.54 Å². The molecule has 2 rings (SSSR count). The van der Waals surface area contributed by atoms with Gasteiger partial charge in [-0.25, -0.2) is 0 Å². The largest absolute Gasteiger partial charge is 0.299 e. The number of benzene rings is 1. The Labute approximate surface area is 107 Å². The smallest absolute Gasteiger partial charge is 0.0233 e. The monoisotopic (exact) mass is 233 g/mol. The first-order valence-electron chi connectivity index (χ1n) is 7.02. The lowest BCUT2D eigenvalue weighted by atomic mass is 9.99. The maximum absolute atomic E-state index is 2.57. The van der Waals surface area contributed by atoms with E-state index in [1.807, 2.05) is 13.8 Å². The van der Waals surface area contributed by atoms with Gasteiger partial charge in [0.05, 0.1) is 0 Å². The quantitative estimate of drug-likeness (QED) is 0.738. The van der Waals surface area contributed by atoms with E-state index in [-0.39, 0.29) is 0 Å². The van der Waals surface area contributed by atoms with Gasteiger partial charge in [0.1, 0.15) is 0 Å². The van der Waals surface area contributed by atoms with Gasteiger partial charge in [-0.1, -0.05) is 50.6 Å². The molecular weight excluding hydrogens is 206 g/mol. The lowest BCUT2D eigenvalue weighted by Gasteiger charge is -2.30. The zero-order valence-electron chi connectivity index (χ0n) is 11.9. The fourth-order valence-corrected chi connectivity index (χ4v) is 2.17. The number of hydrogen-bond donors (Lipinski definition) is 0. The molecule has 0 spiro atoms. The Hall–Kier alpha value is -0.820. The van der Waals surface area contributed by atoms with E-state index < -0.39 is 0 Å². The summed E-state index contributed by atoms with van der Waals surface area (Å²) in [5, 5.41) is 0. The molecule has 1 saturated heterocycles. The molecule has 0 aromatic heterocycles. The standard InChI is InChI=1S/C14H21N.C2H6/c1-12-3-5-14(6-4-12)11-15-9-7-13(2)8-10-15;1-2/h3-6,13H,7-11H2,1-2H3;1-2H3. The van der Waals surface area contributed by atoms with Crippen molar-refractivity contribution in [3.05, 3.63) is 35.4 Å². The van der Waals surface area contributed by atoms with Crippen LogP contribution in [0.2, 0.25) is 0 Å². The van der Waals surface area contributed by atoms with Crippen LogP contribution in [0.4, 0.5) is 0 Å². The summed E-state index contributed by atoms with van der Waals surface area (Å²) in [5.41, 5.74) is 2.81. The molecule has 17 heavy (non-hydrogen) atoms. The van der Waals surface area contributed by atoms with Gasteiger partial charge in [0.2, 0.25) is 0 Å². The van der Waals surface area contributed by atoms with Crippen LogP contribution in [0.1, 0.15) is 44.7 Å². The molecule has 0 aliphatic carbocycles. The van der Waals surface area contributed by atoms with Crippen LogP contribution in [-0.4, -0.2) is 18.0 Å². The predicted octanol–water partition coefficient (Wildman–Crippen LogP) is 4.25. The van der Waals surface area contributed by atoms with Crippen molar-refractivity contribution in [2.75, 3.05) is 13.1 Å². The van der Waals surface area contributed by atoms with E-state index in [1.165, 1.54) is 37.1 Å². The summed E-state index contributed by atoms with van der Waals surface area (Å²) in [5.74, 6) is 0.930. The van der Waals surface area contributed by atoms with Crippen LogP contribution in [0.3, 0.4) is 0 Å². The number of hydrogen-bond acceptors (Lipinski definition) is 1. The van der Waals surface area contributed by atoms with Crippen LogP contribution in [0.15, 0.2) is 24.3 Å². The second kappa shape index (κ2) is 7.50. The van der Waals surface area contributed by atoms with Crippen molar-refractivity contribution in [2.45, 2.75) is 47.1 Å². The second-order valence-electron chi connectivity index (χ2n) is 4.94. The summed E-state index contributed by atoms with van der Waals surface area (Å²) in [6.45, 7) is 12.2. The summed E-state index contributed by atoms with van der Waals surface area (Å²) in [7, 11) is 0. The van der Waals surface area contributed by atoms with Crippen molar-refractivity contribution in [1.82, 2.24) is 4.90 Å². The first-order chi connectivity index (χ1) is 8.24. The first kappa shape index (κ1) is 14.2. The predicted molar refractivity (Wildman–Crippen MR) is 76.2 cm³/mol. The maximum Gasteiger partial charge on any atom is 0.0233 e. The zero-order valence-corrected chi connectivity index (χ0v) is 11.9. The van der Waals surface area contributed by atoms with Gasteiger partial charge in [-0.3, -0.25) is 4.90 Å². The van der Waals surface area contributed by atoms with Gasteiger partial charge in [0.15, 0.2) is 0 Å². The second-order valence-corrected chi connectivity index (χ2v) is 4.94. The van der Waals surface area contributed by atoms with Crippen molar-refractivity contribution in [1.29, 1.82) is 0 Å². The van der Waals surface area contributed by atoms with Crippen LogP contribution in [0.5, 0.6) is 0 Å². The molecule has 96 valence electrons. The topological polar surface area (TPSA) is 3.24 Å². The van der Waals surface area contributed by atoms with Crippen LogP contribution < -0.4 is 0 Å². The van der Waals surface area contributed by atoms with Crippen molar-refractivity contribution < 1.29 is 0 Å². The Morgan fingerprint density at radius 1 is 1.06 bits per heavy atom. The van der Waals surface area contributed by atoms with Crippen LogP contribution in [0, 0.1) is 12.8 Å². The molecule has 1 heterocycles. The zero-order chi connectivity index (χ0) is 12.7. The molecule has 1 aromatic carbocycles. The molecule has 1 nitrogen and oxygen atoms in total. The minimum Gasteiger partial charge on any atom is -0.299 e. The third kappa shape index (κ3) is 4.91. The average molecular weight is 233 g/mol. The minimum absolute atomic E-state index is 0.930. The van der Waals surface area contributed by atoms with E-state index in [0.717, 1.165) is 12.5 Å². The molecule has 0 unspecified atom stereocenters. The number of piperidine rings is 1. The maximum atomic E-state index is 2.57. The Balaban J connectivity index is 0.000000686. The summed E-state index contributed by atoms with van der Waals surface area (Å²) in [6, 6.07) is 8.94. The van der Waals surface area contributed by atoms with Gasteiger partial charge in [-0.2, -0.15) is 0 Å². The molecular formula is C16H27N. The van der Waals surface area contributed by atoms with Crippen molar-refractivity contribution in [2.24, 2.45) is 5.92 Å². The first-order valence-corrected chi connectivity index (χ1v) is 7.02. The summed E-state index contributed by atoms with van der Waals surface area (Å²) in [4.78, 5) is 2.57. The molecule has 1 heteroatoms. The van der Waals surface area contributed by atoms with Gasteiger partial charge in [0.25, 0.3) is 0 Å². The normalized spacial score (nSPS) is 17.4. The highest BCUT2D eigenvalue weighted by Gasteiger charge is 2.15. The molecule has 0 amide bonds. The van der Waals surface area contributed by atoms with E-state index in [1.54, 1.807) is 0 Å². The van der Waals surface area contributed by atoms with Gasteiger partial charge in [-0.05, 0) is 44.3 Å². The summed E-state index contributed by atoms with van der Waals surface area (Å²) >= 11 is 0. The highest BCUT2D eigenvalue weighted by Crippen LogP contribution is 2.18. The number of rotatable bonds is 2. The van der Waals surface area contributed by atoms with E-state index in [9.17, 15) is 0 Å². The van der Waals surface area contributed by atoms with Gasteiger partial charge in [-0.15, -0.1) is 0 Å². The molecule has 1 aromatic rings. The van der Waals surface area contributed by atoms with Crippen molar-refractivity contribution >= 4 is 0 Å². The average Bonchev–Trinajstić information content (AvgIpc) is 2.37. The highest BCUT2D eigenvalue weighted by molar-refractivity contribution is 5.21. The molecule has 0 N–H and O–H groups in total. The highest BCUT2D eigenvalue weighted by atomic mass is 15.1. The third-order valence-corrected chi connectivity index (χ3v) is 3.40. The lowest BCUT2D eigenvalue weighted by Crippen LogP contribution is -2.32. The Kier molecular flexibility index (Phi) is 6.28. The van der Waals surface area contributed by atoms with Crippen molar-refractivity contribution in [3.63, 3.8) is 0 Å². The van der Waals surface area contributed by atoms with Crippen LogP contribution in [0.25, 0.3) is 0 Å². The molecule has 0 radical (unpaired) electrons. The van der Waals surface area contributed by atoms with E-state index in [0.29, 0.717) is 0 Å². The minimum atomic E-state index is 0.930. The Morgan fingerprint density at radius 2 is 1.59 bits per heavy atom. The van der Waals surface area contributed by atoms with Crippen molar-refractivity contribution in [3.8, 4) is 0 Å². The fraction of sp³-hybridized carbons (Fsp3) is 0.625. The molecule has 1 fully saturated rings. The molecule has 0 atom stereocenters. The Morgan fingerprint density at radius 3 is 2.12 bits per heavy atom. The summed E-state index contributed by atoms with van der Waals surface area (Å²) < 4.78 is 0. The Bertz CT molecular complexity index is 294. The van der Waals surface area contributed by atoms with E-state index in [2.05, 4.69) is 43.0 Å². The number of likely N-dealkylation sites (tertiary alicyclic amines) is 1.